The summed E-state index contributed by atoms with van der Waals surface area (Å²) < 4.78 is 6.12. The maximum absolute atomic E-state index is 14.8. The van der Waals surface area contributed by atoms with Gasteiger partial charge in [-0.05, 0) is 67.4 Å². The number of hydrogen-bond acceptors (Lipinski definition) is 10. The number of carbonyl (C=O) groups excluding carboxylic acids is 8. The van der Waals surface area contributed by atoms with Crippen LogP contribution in [0.1, 0.15) is 99.1 Å². The van der Waals surface area contributed by atoms with Crippen molar-refractivity contribution in [3.05, 3.63) is 71.8 Å². The molecule has 6 N–H and O–H groups in total. The minimum Gasteiger partial charge on any atom is -0.458 e. The van der Waals surface area contributed by atoms with Crippen LogP contribution in [-0.2, 0) is 55.9 Å². The van der Waals surface area contributed by atoms with Crippen LogP contribution in [-0.4, -0.2) is 124 Å². The lowest BCUT2D eigenvalue weighted by Gasteiger charge is -2.43. The van der Waals surface area contributed by atoms with E-state index in [0.717, 1.165) is 10.5 Å². The molecule has 0 unspecified atom stereocenters. The molecule has 0 spiro atoms. The summed E-state index contributed by atoms with van der Waals surface area (Å²) in [6.45, 7) is 15.2. The molecule has 0 saturated carbocycles. The van der Waals surface area contributed by atoms with Crippen molar-refractivity contribution in [2.45, 2.75) is 155 Å². The summed E-state index contributed by atoms with van der Waals surface area (Å²) in [5, 5.41) is 25.0. The average molecular weight is 918 g/mol. The number of carbonyl (C=O) groups is 8. The van der Waals surface area contributed by atoms with Crippen LogP contribution in [0.15, 0.2) is 60.7 Å². The summed E-state index contributed by atoms with van der Waals surface area (Å²) in [4.78, 5) is 116. The van der Waals surface area contributed by atoms with Crippen molar-refractivity contribution in [2.75, 3.05) is 7.05 Å². The Bertz CT molecular complexity index is 2010. The van der Waals surface area contributed by atoms with Crippen LogP contribution in [0.25, 0.3) is 0 Å². The maximum atomic E-state index is 14.8. The van der Waals surface area contributed by atoms with Gasteiger partial charge in [-0.1, -0.05) is 116 Å². The maximum Gasteiger partial charge on any atom is 0.329 e. The van der Waals surface area contributed by atoms with Gasteiger partial charge in [-0.25, -0.2) is 4.79 Å². The van der Waals surface area contributed by atoms with Crippen molar-refractivity contribution in [1.29, 1.82) is 0 Å². The lowest BCUT2D eigenvalue weighted by Crippen LogP contribution is -2.65. The van der Waals surface area contributed by atoms with Gasteiger partial charge in [-0.2, -0.15) is 0 Å². The molecular weight excluding hydrogens is 847 g/mol. The number of nitrogens with zero attached hydrogens (tertiary/aromatic N) is 2. The van der Waals surface area contributed by atoms with Gasteiger partial charge in [0.25, 0.3) is 0 Å². The number of nitrogens with one attached hydrogen (secondary N) is 5. The van der Waals surface area contributed by atoms with E-state index in [-0.39, 0.29) is 38.0 Å². The quantitative estimate of drug-likeness (QED) is 0.161. The third-order valence-electron chi connectivity index (χ3n) is 12.1. The van der Waals surface area contributed by atoms with Crippen LogP contribution >= 0.6 is 0 Å². The van der Waals surface area contributed by atoms with Gasteiger partial charge in [0.15, 0.2) is 0 Å². The van der Waals surface area contributed by atoms with Crippen LogP contribution in [0.5, 0.6) is 0 Å². The molecule has 362 valence electrons. The molecular formula is C49H71N7O10. The van der Waals surface area contributed by atoms with Crippen LogP contribution in [0.3, 0.4) is 0 Å². The fraction of sp³-hybridized carbons (Fsp3) is 0.592. The molecule has 7 amide bonds. The molecule has 2 heterocycles. The number of ether oxygens (including phenoxy) is 1. The van der Waals surface area contributed by atoms with E-state index >= 15 is 0 Å². The second kappa shape index (κ2) is 24.1. The van der Waals surface area contributed by atoms with Crippen molar-refractivity contribution in [2.24, 2.45) is 23.7 Å². The summed E-state index contributed by atoms with van der Waals surface area (Å²) in [5.74, 6) is -7.77. The largest absolute Gasteiger partial charge is 0.458 e. The number of hydrogen-bond donors (Lipinski definition) is 6. The molecule has 0 aromatic heterocycles. The average Bonchev–Trinajstić information content (AvgIpc) is 3.26. The van der Waals surface area contributed by atoms with Gasteiger partial charge in [0.05, 0.1) is 0 Å². The SMILES string of the molecule is CC(C)C[C@H]1C(=O)N(C)[C@@H](Cc2ccccc2)C(=O)N[C@@H](C(C)C)C(=O)O[C@H](C(C)C)[C@H](NC(=O)[C@H](C)NC(=O)CCc2ccccc2)C(=O)N[C@@H](C(C)C)C(=O)N[C@H]2CC[C@@H](O)N1C2=O. The topological polar surface area (TPSA) is 233 Å². The molecule has 2 saturated heterocycles. The normalized spacial score (nSPS) is 25.6. The van der Waals surface area contributed by atoms with Gasteiger partial charge in [0, 0.05) is 19.9 Å². The van der Waals surface area contributed by atoms with E-state index in [0.29, 0.717) is 12.0 Å². The number of piperidine rings is 1. The Labute approximate surface area is 388 Å². The van der Waals surface area contributed by atoms with Crippen molar-refractivity contribution in [3.8, 4) is 0 Å². The highest BCUT2D eigenvalue weighted by atomic mass is 16.5. The zero-order valence-corrected chi connectivity index (χ0v) is 40.0. The molecule has 17 heteroatoms. The van der Waals surface area contributed by atoms with Crippen LogP contribution < -0.4 is 26.6 Å². The fourth-order valence-corrected chi connectivity index (χ4v) is 8.25. The third kappa shape index (κ3) is 14.1. The van der Waals surface area contributed by atoms with Gasteiger partial charge < -0.3 is 46.2 Å². The third-order valence-corrected chi connectivity index (χ3v) is 12.1. The molecule has 2 aliphatic heterocycles. The van der Waals surface area contributed by atoms with E-state index in [1.165, 1.54) is 18.9 Å². The van der Waals surface area contributed by atoms with Crippen LogP contribution in [0, 0.1) is 23.7 Å². The molecule has 2 bridgehead atoms. The second-order valence-electron chi connectivity index (χ2n) is 19.0. The number of aliphatic hydroxyl groups is 1. The summed E-state index contributed by atoms with van der Waals surface area (Å²) >= 11 is 0. The highest BCUT2D eigenvalue weighted by molar-refractivity contribution is 5.98. The first-order valence-corrected chi connectivity index (χ1v) is 23.2. The minimum absolute atomic E-state index is 0.00951. The van der Waals surface area contributed by atoms with E-state index in [1.807, 2.05) is 44.2 Å². The van der Waals surface area contributed by atoms with E-state index in [9.17, 15) is 43.5 Å². The highest BCUT2D eigenvalue weighted by Gasteiger charge is 2.46. The Balaban J connectivity index is 1.80. The van der Waals surface area contributed by atoms with Crippen molar-refractivity contribution in [1.82, 2.24) is 36.4 Å². The lowest BCUT2D eigenvalue weighted by atomic mass is 9.94. The Kier molecular flexibility index (Phi) is 19.3. The first kappa shape index (κ1) is 52.8. The molecule has 0 radical (unpaired) electrons. The van der Waals surface area contributed by atoms with Gasteiger partial charge in [0.2, 0.25) is 41.4 Å². The molecule has 2 aliphatic rings. The summed E-state index contributed by atoms with van der Waals surface area (Å²) in [7, 11) is 1.44. The number of likely N-dealkylation sites (N-methyl/N-ethyl adjacent to an activating group) is 1. The fourth-order valence-electron chi connectivity index (χ4n) is 8.25. The predicted molar refractivity (Wildman–Crippen MR) is 247 cm³/mol. The van der Waals surface area contributed by atoms with Crippen LogP contribution in [0.2, 0.25) is 0 Å². The molecule has 9 atom stereocenters. The zero-order chi connectivity index (χ0) is 49.0. The number of fused-ring (bicyclic) bond motifs is 2. The molecule has 2 aromatic carbocycles. The number of rotatable bonds is 13. The van der Waals surface area contributed by atoms with E-state index in [1.54, 1.807) is 71.9 Å². The highest BCUT2D eigenvalue weighted by Crippen LogP contribution is 2.27. The number of cyclic esters (lactones) is 1. The smallest absolute Gasteiger partial charge is 0.329 e. The number of aryl methyl sites for hydroxylation is 1. The summed E-state index contributed by atoms with van der Waals surface area (Å²) in [6.07, 6.45) is -2.11. The molecule has 4 rings (SSSR count). The molecule has 2 aromatic rings. The minimum atomic E-state index is -1.63. The van der Waals surface area contributed by atoms with Gasteiger partial charge >= 0.3 is 5.97 Å². The second-order valence-corrected chi connectivity index (χ2v) is 19.0. The first-order chi connectivity index (χ1) is 31.1. The number of aliphatic hydroxyl groups excluding tert-OH is 1. The Morgan fingerprint density at radius 1 is 0.712 bits per heavy atom. The van der Waals surface area contributed by atoms with E-state index in [2.05, 4.69) is 26.6 Å². The van der Waals surface area contributed by atoms with Crippen molar-refractivity contribution >= 4 is 47.3 Å². The Morgan fingerprint density at radius 2 is 1.29 bits per heavy atom. The number of esters is 1. The van der Waals surface area contributed by atoms with Gasteiger partial charge in [-0.15, -0.1) is 0 Å². The molecule has 2 fully saturated rings. The standard InChI is InChI=1S/C49H71N7O10/c1-27(2)25-36-48(64)55(10)35(26-33-19-15-12-16-20-33)44(60)53-40(29(5)6)49(65)66-42(30(7)8)41(54-43(59)31(9)50-37(57)23-21-32-17-13-11-14-18-32)46(62)52-39(28(3)4)45(61)51-34-22-24-38(58)56(36)47(34)63/h11-20,27-31,34-36,38-42,58H,21-26H2,1-10H3,(H,50,57)(H,51,61)(H,52,62)(H,53,60)(H,54,59)/t31-,34-,35-,36-,38+,39-,40-,41-,42+/m0/s1. The molecule has 17 nitrogen and oxygen atoms in total. The van der Waals surface area contributed by atoms with E-state index < -0.39 is 120 Å². The summed E-state index contributed by atoms with van der Waals surface area (Å²) in [5.41, 5.74) is 1.63. The number of benzene rings is 2. The Hall–Kier alpha value is -5.84. The molecule has 66 heavy (non-hydrogen) atoms. The van der Waals surface area contributed by atoms with Gasteiger partial charge in [-0.3, -0.25) is 33.6 Å². The van der Waals surface area contributed by atoms with Gasteiger partial charge in [0.1, 0.15) is 54.6 Å². The Morgan fingerprint density at radius 3 is 1.85 bits per heavy atom. The summed E-state index contributed by atoms with van der Waals surface area (Å²) in [6, 6.07) is 9.25. The first-order valence-electron chi connectivity index (χ1n) is 23.2. The zero-order valence-electron chi connectivity index (χ0n) is 40.0. The monoisotopic (exact) mass is 918 g/mol. The lowest BCUT2D eigenvalue weighted by molar-refractivity contribution is -0.166. The van der Waals surface area contributed by atoms with Crippen LogP contribution in [0.4, 0.5) is 0 Å². The van der Waals surface area contributed by atoms with Crippen molar-refractivity contribution in [3.63, 3.8) is 0 Å². The number of amides is 7. The predicted octanol–water partition coefficient (Wildman–Crippen LogP) is 2.38. The molecule has 0 aliphatic carbocycles. The van der Waals surface area contributed by atoms with E-state index in [4.69, 9.17) is 4.74 Å². The van der Waals surface area contributed by atoms with Crippen molar-refractivity contribution < 1.29 is 48.2 Å².